The predicted octanol–water partition coefficient (Wildman–Crippen LogP) is 3.13. The molecular weight excluding hydrogens is 340 g/mol. The van der Waals surface area contributed by atoms with Crippen molar-refractivity contribution in [3.05, 3.63) is 67.1 Å². The summed E-state index contributed by atoms with van der Waals surface area (Å²) in [5.41, 5.74) is 1.65. The number of nitro benzene ring substituents is 1. The molecule has 2 heterocycles. The zero-order valence-corrected chi connectivity index (χ0v) is 14.0. The number of rotatable bonds is 3. The Balaban J connectivity index is 1.70. The molecule has 8 heteroatoms. The Kier molecular flexibility index (Phi) is 3.89. The van der Waals surface area contributed by atoms with Crippen molar-refractivity contribution in [3.63, 3.8) is 0 Å². The average molecular weight is 354 g/mol. The van der Waals surface area contributed by atoms with Crippen LogP contribution in [0.2, 0.25) is 0 Å². The van der Waals surface area contributed by atoms with Gasteiger partial charge >= 0.3 is 0 Å². The van der Waals surface area contributed by atoms with Crippen LogP contribution in [0.3, 0.4) is 0 Å². The molecule has 0 spiro atoms. The van der Waals surface area contributed by atoms with Gasteiger partial charge in [0, 0.05) is 17.0 Å². The summed E-state index contributed by atoms with van der Waals surface area (Å²) < 4.78 is 1.23. The molecule has 0 amide bonds. The van der Waals surface area contributed by atoms with Crippen LogP contribution in [-0.2, 0) is 12.8 Å². The maximum absolute atomic E-state index is 12.8. The van der Waals surface area contributed by atoms with Crippen LogP contribution in [0.1, 0.15) is 28.8 Å². The topological polar surface area (TPSA) is 90.4 Å². The van der Waals surface area contributed by atoms with Crippen LogP contribution in [0, 0.1) is 10.1 Å². The van der Waals surface area contributed by atoms with Gasteiger partial charge in [-0.3, -0.25) is 14.9 Å². The lowest BCUT2D eigenvalue weighted by atomic mass is 9.97. The highest BCUT2D eigenvalue weighted by Crippen LogP contribution is 2.33. The van der Waals surface area contributed by atoms with E-state index in [9.17, 15) is 14.9 Å². The smallest absolute Gasteiger partial charge is 0.267 e. The molecule has 25 heavy (non-hydrogen) atoms. The molecule has 0 saturated carbocycles. The van der Waals surface area contributed by atoms with Gasteiger partial charge in [0.15, 0.2) is 0 Å². The second-order valence-corrected chi connectivity index (χ2v) is 6.96. The molecule has 2 aromatic heterocycles. The SMILES string of the molecule is O=c1c2c3c(sc2ncn1N=Cc1ccc([N+](=O)[O-])cc1)CCCC3. The van der Waals surface area contributed by atoms with Gasteiger partial charge in [0.1, 0.15) is 11.2 Å². The first-order valence-electron chi connectivity index (χ1n) is 7.94. The minimum absolute atomic E-state index is 0.0160. The van der Waals surface area contributed by atoms with E-state index < -0.39 is 4.92 Å². The van der Waals surface area contributed by atoms with Crippen molar-refractivity contribution in [2.24, 2.45) is 5.10 Å². The molecule has 0 saturated heterocycles. The van der Waals surface area contributed by atoms with Crippen LogP contribution in [-0.4, -0.2) is 20.8 Å². The van der Waals surface area contributed by atoms with Crippen molar-refractivity contribution in [2.75, 3.05) is 0 Å². The Hall–Kier alpha value is -2.87. The number of fused-ring (bicyclic) bond motifs is 3. The first-order valence-corrected chi connectivity index (χ1v) is 8.76. The second kappa shape index (κ2) is 6.21. The number of aromatic nitrogens is 2. The normalized spacial score (nSPS) is 14.1. The summed E-state index contributed by atoms with van der Waals surface area (Å²) in [5.74, 6) is 0. The van der Waals surface area contributed by atoms with Crippen LogP contribution in [0.5, 0.6) is 0 Å². The molecule has 4 rings (SSSR count). The maximum atomic E-state index is 12.8. The zero-order chi connectivity index (χ0) is 17.4. The lowest BCUT2D eigenvalue weighted by Crippen LogP contribution is -2.18. The molecule has 0 bridgehead atoms. The highest BCUT2D eigenvalue weighted by atomic mass is 32.1. The Morgan fingerprint density at radius 2 is 2.00 bits per heavy atom. The van der Waals surface area contributed by atoms with E-state index >= 15 is 0 Å². The van der Waals surface area contributed by atoms with Crippen molar-refractivity contribution in [1.29, 1.82) is 0 Å². The minimum Gasteiger partial charge on any atom is -0.267 e. The Morgan fingerprint density at radius 1 is 1.24 bits per heavy atom. The maximum Gasteiger partial charge on any atom is 0.282 e. The summed E-state index contributed by atoms with van der Waals surface area (Å²) in [7, 11) is 0. The standard InChI is InChI=1S/C17H14N4O3S/c22-17-15-13-3-1-2-4-14(13)25-16(15)18-10-20(17)19-9-11-5-7-12(8-6-11)21(23)24/h5-10H,1-4H2. The van der Waals surface area contributed by atoms with Crippen LogP contribution in [0.15, 0.2) is 40.5 Å². The van der Waals surface area contributed by atoms with Gasteiger partial charge in [-0.1, -0.05) is 0 Å². The van der Waals surface area contributed by atoms with Gasteiger partial charge in [-0.15, -0.1) is 11.3 Å². The van der Waals surface area contributed by atoms with E-state index in [0.717, 1.165) is 36.1 Å². The van der Waals surface area contributed by atoms with Crippen molar-refractivity contribution < 1.29 is 4.92 Å². The summed E-state index contributed by atoms with van der Waals surface area (Å²) in [6.07, 6.45) is 7.11. The molecule has 0 aliphatic heterocycles. The molecule has 1 aliphatic rings. The predicted molar refractivity (Wildman–Crippen MR) is 96.6 cm³/mol. The lowest BCUT2D eigenvalue weighted by molar-refractivity contribution is -0.384. The largest absolute Gasteiger partial charge is 0.282 e. The third-order valence-electron chi connectivity index (χ3n) is 4.29. The molecule has 0 atom stereocenters. The summed E-state index contributed by atoms with van der Waals surface area (Å²) in [6, 6.07) is 5.98. The molecule has 0 radical (unpaired) electrons. The average Bonchev–Trinajstić information content (AvgIpc) is 3.01. The fraction of sp³-hybridized carbons (Fsp3) is 0.235. The Bertz CT molecular complexity index is 1050. The van der Waals surface area contributed by atoms with Crippen LogP contribution < -0.4 is 5.56 Å². The van der Waals surface area contributed by atoms with Gasteiger partial charge in [-0.2, -0.15) is 9.78 Å². The van der Waals surface area contributed by atoms with Crippen molar-refractivity contribution in [3.8, 4) is 0 Å². The van der Waals surface area contributed by atoms with Gasteiger partial charge in [0.05, 0.1) is 16.5 Å². The third kappa shape index (κ3) is 2.85. The number of benzene rings is 1. The fourth-order valence-corrected chi connectivity index (χ4v) is 4.25. The third-order valence-corrected chi connectivity index (χ3v) is 5.49. The number of non-ortho nitro benzene ring substituents is 1. The van der Waals surface area contributed by atoms with Crippen LogP contribution in [0.4, 0.5) is 5.69 Å². The number of aryl methyl sites for hydroxylation is 2. The van der Waals surface area contributed by atoms with E-state index in [1.807, 2.05) is 0 Å². The minimum atomic E-state index is -0.455. The number of nitrogens with zero attached hydrogens (tertiary/aromatic N) is 4. The van der Waals surface area contributed by atoms with E-state index in [0.29, 0.717) is 10.9 Å². The first-order chi connectivity index (χ1) is 12.1. The summed E-state index contributed by atoms with van der Waals surface area (Å²) >= 11 is 1.60. The molecule has 0 N–H and O–H groups in total. The number of hydrogen-bond donors (Lipinski definition) is 0. The fourth-order valence-electron chi connectivity index (χ4n) is 3.03. The lowest BCUT2D eigenvalue weighted by Gasteiger charge is -2.09. The van der Waals surface area contributed by atoms with Gasteiger partial charge in [-0.05, 0) is 48.9 Å². The van der Waals surface area contributed by atoms with E-state index in [-0.39, 0.29) is 11.2 Å². The second-order valence-electron chi connectivity index (χ2n) is 5.88. The summed E-state index contributed by atoms with van der Waals surface area (Å²) in [5, 5.41) is 15.5. The zero-order valence-electron chi connectivity index (χ0n) is 13.2. The number of nitro groups is 1. The van der Waals surface area contributed by atoms with Gasteiger partial charge < -0.3 is 0 Å². The first kappa shape index (κ1) is 15.6. The van der Waals surface area contributed by atoms with Gasteiger partial charge in [0.25, 0.3) is 11.2 Å². The van der Waals surface area contributed by atoms with Gasteiger partial charge in [-0.25, -0.2) is 4.98 Å². The molecule has 0 unspecified atom stereocenters. The van der Waals surface area contributed by atoms with Crippen LogP contribution >= 0.6 is 11.3 Å². The number of thiophene rings is 1. The molecule has 3 aromatic rings. The molecule has 7 nitrogen and oxygen atoms in total. The van der Waals surface area contributed by atoms with Crippen molar-refractivity contribution >= 4 is 33.5 Å². The summed E-state index contributed by atoms with van der Waals surface area (Å²) in [6.45, 7) is 0. The number of hydrogen-bond acceptors (Lipinski definition) is 6. The van der Waals surface area contributed by atoms with E-state index in [1.165, 1.54) is 34.2 Å². The van der Waals surface area contributed by atoms with E-state index in [2.05, 4.69) is 10.1 Å². The van der Waals surface area contributed by atoms with Crippen molar-refractivity contribution in [1.82, 2.24) is 9.66 Å². The van der Waals surface area contributed by atoms with Crippen molar-refractivity contribution in [2.45, 2.75) is 25.7 Å². The molecule has 126 valence electrons. The highest BCUT2D eigenvalue weighted by molar-refractivity contribution is 7.18. The van der Waals surface area contributed by atoms with E-state index in [4.69, 9.17) is 0 Å². The van der Waals surface area contributed by atoms with Gasteiger partial charge in [0.2, 0.25) is 0 Å². The van der Waals surface area contributed by atoms with E-state index in [1.54, 1.807) is 23.5 Å². The monoisotopic (exact) mass is 354 g/mol. The molecule has 1 aromatic carbocycles. The molecular formula is C17H14N4O3S. The Labute approximate surface area is 146 Å². The summed E-state index contributed by atoms with van der Waals surface area (Å²) in [4.78, 5) is 29.4. The highest BCUT2D eigenvalue weighted by Gasteiger charge is 2.19. The Morgan fingerprint density at radius 3 is 2.76 bits per heavy atom. The quantitative estimate of drug-likeness (QED) is 0.410. The molecule has 1 aliphatic carbocycles. The van der Waals surface area contributed by atoms with Crippen LogP contribution in [0.25, 0.3) is 10.2 Å². The molecule has 0 fully saturated rings.